The Hall–Kier alpha value is -1.73. The Morgan fingerprint density at radius 3 is 2.60 bits per heavy atom. The molecular weight excluding hydrogens is 326 g/mol. The minimum Gasteiger partial charge on any atom is -0.379 e. The first-order chi connectivity index (χ1) is 12.0. The summed E-state index contributed by atoms with van der Waals surface area (Å²) in [4.78, 5) is 6.58. The maximum atomic E-state index is 13.7. The first-order valence-electron chi connectivity index (χ1n) is 8.71. The predicted molar refractivity (Wildman–Crippen MR) is 95.6 cm³/mol. The highest BCUT2D eigenvalue weighted by molar-refractivity contribution is 5.79. The van der Waals surface area contributed by atoms with E-state index in [2.05, 4.69) is 34.4 Å². The summed E-state index contributed by atoms with van der Waals surface area (Å²) in [6.45, 7) is 8.65. The van der Waals surface area contributed by atoms with Gasteiger partial charge in [-0.05, 0) is 24.1 Å². The summed E-state index contributed by atoms with van der Waals surface area (Å²) < 4.78 is 32.4. The molecule has 1 aliphatic rings. The molecule has 0 amide bonds. The molecule has 1 aromatic rings. The van der Waals surface area contributed by atoms with Gasteiger partial charge in [-0.25, -0.2) is 8.78 Å². The zero-order chi connectivity index (χ0) is 18.2. The van der Waals surface area contributed by atoms with Gasteiger partial charge >= 0.3 is 0 Å². The molecule has 2 N–H and O–H groups in total. The van der Waals surface area contributed by atoms with Crippen molar-refractivity contribution in [3.8, 4) is 0 Å². The van der Waals surface area contributed by atoms with Gasteiger partial charge in [0, 0.05) is 44.8 Å². The number of nitrogens with zero attached hydrogens (tertiary/aromatic N) is 2. The summed E-state index contributed by atoms with van der Waals surface area (Å²) >= 11 is 0. The first-order valence-corrected chi connectivity index (χ1v) is 8.71. The van der Waals surface area contributed by atoms with Crippen LogP contribution in [-0.2, 0) is 11.3 Å². The van der Waals surface area contributed by atoms with Crippen molar-refractivity contribution in [2.24, 2.45) is 10.9 Å². The molecule has 2 rings (SSSR count). The van der Waals surface area contributed by atoms with Crippen LogP contribution in [0.2, 0.25) is 0 Å². The van der Waals surface area contributed by atoms with Crippen molar-refractivity contribution in [3.63, 3.8) is 0 Å². The fourth-order valence-electron chi connectivity index (χ4n) is 2.98. The molecule has 0 radical (unpaired) electrons. The minimum absolute atomic E-state index is 0.174. The standard InChI is InChI=1S/C18H28F2N4O/c1-13(2)17(24-6-8-25-9-7-24)12-23-18(21-3)22-11-14-10-15(19)4-5-16(14)20/h4-5,10,13,17H,6-9,11-12H2,1-3H3,(H2,21,22,23). The summed E-state index contributed by atoms with van der Waals surface area (Å²) in [5.41, 5.74) is 0.275. The molecule has 1 heterocycles. The number of aliphatic imine (C=N–C) groups is 1. The van der Waals surface area contributed by atoms with Gasteiger partial charge in [0.25, 0.3) is 0 Å². The summed E-state index contributed by atoms with van der Waals surface area (Å²) in [6.07, 6.45) is 0. The molecule has 5 nitrogen and oxygen atoms in total. The lowest BCUT2D eigenvalue weighted by Gasteiger charge is -2.37. The highest BCUT2D eigenvalue weighted by Crippen LogP contribution is 2.12. The van der Waals surface area contributed by atoms with Gasteiger partial charge < -0.3 is 15.4 Å². The molecule has 0 aromatic heterocycles. The molecule has 7 heteroatoms. The van der Waals surface area contributed by atoms with Gasteiger partial charge in [-0.3, -0.25) is 9.89 Å². The lowest BCUT2D eigenvalue weighted by Crippen LogP contribution is -2.52. The van der Waals surface area contributed by atoms with Gasteiger partial charge in [0.1, 0.15) is 11.6 Å². The van der Waals surface area contributed by atoms with Crippen molar-refractivity contribution in [2.45, 2.75) is 26.4 Å². The SMILES string of the molecule is CN=C(NCc1cc(F)ccc1F)NCC(C(C)C)N1CCOCC1. The van der Waals surface area contributed by atoms with Crippen LogP contribution in [-0.4, -0.2) is 56.8 Å². The predicted octanol–water partition coefficient (Wildman–Crippen LogP) is 1.99. The summed E-state index contributed by atoms with van der Waals surface area (Å²) in [7, 11) is 1.66. The number of benzene rings is 1. The third-order valence-electron chi connectivity index (χ3n) is 4.44. The molecule has 0 aliphatic carbocycles. The van der Waals surface area contributed by atoms with Crippen molar-refractivity contribution in [2.75, 3.05) is 39.9 Å². The van der Waals surface area contributed by atoms with Crippen LogP contribution in [0.5, 0.6) is 0 Å². The van der Waals surface area contributed by atoms with Gasteiger partial charge in [0.05, 0.1) is 13.2 Å². The van der Waals surface area contributed by atoms with Crippen molar-refractivity contribution in [1.29, 1.82) is 0 Å². The Balaban J connectivity index is 1.88. The third-order valence-corrected chi connectivity index (χ3v) is 4.44. The van der Waals surface area contributed by atoms with Gasteiger partial charge in [0.2, 0.25) is 0 Å². The first kappa shape index (κ1) is 19.6. The van der Waals surface area contributed by atoms with E-state index in [0.29, 0.717) is 17.9 Å². The highest BCUT2D eigenvalue weighted by atomic mass is 19.1. The highest BCUT2D eigenvalue weighted by Gasteiger charge is 2.23. The van der Waals surface area contributed by atoms with E-state index in [4.69, 9.17) is 4.74 Å². The van der Waals surface area contributed by atoms with Crippen LogP contribution < -0.4 is 10.6 Å². The van der Waals surface area contributed by atoms with Crippen molar-refractivity contribution < 1.29 is 13.5 Å². The molecule has 1 fully saturated rings. The zero-order valence-corrected chi connectivity index (χ0v) is 15.2. The Morgan fingerprint density at radius 2 is 1.96 bits per heavy atom. The molecule has 0 spiro atoms. The summed E-state index contributed by atoms with van der Waals surface area (Å²) in [5.74, 6) is 0.165. The van der Waals surface area contributed by atoms with Crippen molar-refractivity contribution >= 4 is 5.96 Å². The number of nitrogens with one attached hydrogen (secondary N) is 2. The van der Waals surface area contributed by atoms with Gasteiger partial charge in [-0.15, -0.1) is 0 Å². The van der Waals surface area contributed by atoms with Crippen LogP contribution in [0.4, 0.5) is 8.78 Å². The second-order valence-corrected chi connectivity index (χ2v) is 6.50. The number of rotatable bonds is 6. The topological polar surface area (TPSA) is 48.9 Å². The van der Waals surface area contributed by atoms with E-state index in [0.717, 1.165) is 45.0 Å². The average Bonchev–Trinajstić information content (AvgIpc) is 2.61. The smallest absolute Gasteiger partial charge is 0.191 e. The lowest BCUT2D eigenvalue weighted by molar-refractivity contribution is 0.00752. The summed E-state index contributed by atoms with van der Waals surface area (Å²) in [5, 5.41) is 6.33. The molecule has 0 saturated carbocycles. The average molecular weight is 354 g/mol. The molecule has 1 aliphatic heterocycles. The number of guanidine groups is 1. The quantitative estimate of drug-likeness (QED) is 0.606. The van der Waals surface area contributed by atoms with E-state index in [9.17, 15) is 8.78 Å². The maximum absolute atomic E-state index is 13.7. The van der Waals surface area contributed by atoms with Crippen LogP contribution in [0, 0.1) is 17.6 Å². The van der Waals surface area contributed by atoms with E-state index >= 15 is 0 Å². The fourth-order valence-corrected chi connectivity index (χ4v) is 2.98. The lowest BCUT2D eigenvalue weighted by atomic mass is 10.0. The largest absolute Gasteiger partial charge is 0.379 e. The van der Waals surface area contributed by atoms with Gasteiger partial charge in [0.15, 0.2) is 5.96 Å². The van der Waals surface area contributed by atoms with E-state index in [-0.39, 0.29) is 12.1 Å². The van der Waals surface area contributed by atoms with Crippen molar-refractivity contribution in [3.05, 3.63) is 35.4 Å². The second-order valence-electron chi connectivity index (χ2n) is 6.50. The molecular formula is C18H28F2N4O. The fraction of sp³-hybridized carbons (Fsp3) is 0.611. The van der Waals surface area contributed by atoms with Crippen LogP contribution in [0.25, 0.3) is 0 Å². The zero-order valence-electron chi connectivity index (χ0n) is 15.2. The number of halogens is 2. The summed E-state index contributed by atoms with van der Waals surface area (Å²) in [6, 6.07) is 3.80. The van der Waals surface area contributed by atoms with Crippen LogP contribution >= 0.6 is 0 Å². The molecule has 140 valence electrons. The Bertz CT molecular complexity index is 574. The minimum atomic E-state index is -0.451. The Kier molecular flexibility index (Phi) is 7.58. The monoisotopic (exact) mass is 354 g/mol. The molecule has 1 aromatic carbocycles. The normalized spacial score (nSPS) is 17.6. The Labute approximate surface area is 148 Å². The molecule has 0 bridgehead atoms. The third kappa shape index (κ3) is 5.93. The van der Waals surface area contributed by atoms with E-state index < -0.39 is 11.6 Å². The van der Waals surface area contributed by atoms with E-state index in [1.165, 1.54) is 6.07 Å². The molecule has 1 atom stereocenters. The number of morpholine rings is 1. The van der Waals surface area contributed by atoms with E-state index in [1.54, 1.807) is 7.05 Å². The van der Waals surface area contributed by atoms with Crippen LogP contribution in [0.1, 0.15) is 19.4 Å². The molecule has 1 saturated heterocycles. The number of ether oxygens (including phenoxy) is 1. The van der Waals surface area contributed by atoms with Crippen LogP contribution in [0.15, 0.2) is 23.2 Å². The number of hydrogen-bond acceptors (Lipinski definition) is 3. The van der Waals surface area contributed by atoms with Crippen LogP contribution in [0.3, 0.4) is 0 Å². The number of hydrogen-bond donors (Lipinski definition) is 2. The van der Waals surface area contributed by atoms with Crippen molar-refractivity contribution in [1.82, 2.24) is 15.5 Å². The second kappa shape index (κ2) is 9.68. The molecule has 1 unspecified atom stereocenters. The van der Waals surface area contributed by atoms with Gasteiger partial charge in [-0.1, -0.05) is 13.8 Å². The van der Waals surface area contributed by atoms with E-state index in [1.807, 2.05) is 0 Å². The maximum Gasteiger partial charge on any atom is 0.191 e. The Morgan fingerprint density at radius 1 is 1.24 bits per heavy atom. The van der Waals surface area contributed by atoms with Gasteiger partial charge in [-0.2, -0.15) is 0 Å². The molecule has 25 heavy (non-hydrogen) atoms.